The Morgan fingerprint density at radius 2 is 2.25 bits per heavy atom. The molecule has 6 nitrogen and oxygen atoms in total. The SMILES string of the molecule is CN(C)S(=O)(=O)c1ccc(N2CCOC(CBr)C2)nc1. The fourth-order valence-electron chi connectivity index (χ4n) is 1.94. The highest BCUT2D eigenvalue weighted by molar-refractivity contribution is 9.09. The van der Waals surface area contributed by atoms with Crippen LogP contribution in [-0.2, 0) is 14.8 Å². The van der Waals surface area contributed by atoms with Crippen LogP contribution in [0.4, 0.5) is 5.82 Å². The van der Waals surface area contributed by atoms with Crippen LogP contribution in [-0.4, -0.2) is 62.9 Å². The van der Waals surface area contributed by atoms with Gasteiger partial charge in [0.15, 0.2) is 0 Å². The summed E-state index contributed by atoms with van der Waals surface area (Å²) in [5.74, 6) is 0.775. The Kier molecular flexibility index (Phi) is 5.00. The van der Waals surface area contributed by atoms with Crippen LogP contribution in [0.25, 0.3) is 0 Å². The van der Waals surface area contributed by atoms with Crippen LogP contribution >= 0.6 is 15.9 Å². The van der Waals surface area contributed by atoms with Crippen LogP contribution in [0.5, 0.6) is 0 Å². The molecule has 1 unspecified atom stereocenters. The molecular weight excluding hydrogens is 346 g/mol. The molecule has 20 heavy (non-hydrogen) atoms. The number of hydrogen-bond acceptors (Lipinski definition) is 5. The quantitative estimate of drug-likeness (QED) is 0.744. The van der Waals surface area contributed by atoms with Gasteiger partial charge in [-0.3, -0.25) is 0 Å². The van der Waals surface area contributed by atoms with E-state index >= 15 is 0 Å². The predicted molar refractivity (Wildman–Crippen MR) is 80.9 cm³/mol. The summed E-state index contributed by atoms with van der Waals surface area (Å²) < 4.78 is 30.7. The Labute approximate surface area is 127 Å². The number of anilines is 1. The third kappa shape index (κ3) is 3.30. The van der Waals surface area contributed by atoms with E-state index in [0.717, 1.165) is 24.2 Å². The second-order valence-corrected chi connectivity index (χ2v) is 7.53. The number of alkyl halides is 1. The Bertz CT molecular complexity index is 548. The molecule has 8 heteroatoms. The van der Waals surface area contributed by atoms with Gasteiger partial charge < -0.3 is 9.64 Å². The van der Waals surface area contributed by atoms with Crippen LogP contribution in [0.2, 0.25) is 0 Å². The highest BCUT2D eigenvalue weighted by Crippen LogP contribution is 2.19. The number of rotatable bonds is 4. The molecule has 1 aliphatic heterocycles. The summed E-state index contributed by atoms with van der Waals surface area (Å²) >= 11 is 3.41. The smallest absolute Gasteiger partial charge is 0.244 e. The number of halogens is 1. The Balaban J connectivity index is 2.16. The second kappa shape index (κ2) is 6.38. The van der Waals surface area contributed by atoms with Crippen molar-refractivity contribution in [2.75, 3.05) is 44.0 Å². The molecule has 0 N–H and O–H groups in total. The molecule has 1 aromatic rings. The van der Waals surface area contributed by atoms with E-state index in [-0.39, 0.29) is 11.0 Å². The van der Waals surface area contributed by atoms with Crippen molar-refractivity contribution in [3.05, 3.63) is 18.3 Å². The van der Waals surface area contributed by atoms with Gasteiger partial charge in [-0.25, -0.2) is 17.7 Å². The first-order chi connectivity index (χ1) is 9.45. The Morgan fingerprint density at radius 3 is 2.80 bits per heavy atom. The number of pyridine rings is 1. The van der Waals surface area contributed by atoms with Crippen LogP contribution < -0.4 is 4.90 Å². The van der Waals surface area contributed by atoms with Crippen molar-refractivity contribution in [2.45, 2.75) is 11.0 Å². The summed E-state index contributed by atoms with van der Waals surface area (Å²) in [5, 5.41) is 0.774. The number of morpholine rings is 1. The molecule has 1 saturated heterocycles. The van der Waals surface area contributed by atoms with Crippen LogP contribution in [0.3, 0.4) is 0 Å². The van der Waals surface area contributed by atoms with Gasteiger partial charge in [-0.15, -0.1) is 0 Å². The van der Waals surface area contributed by atoms with Crippen molar-refractivity contribution in [1.82, 2.24) is 9.29 Å². The molecule has 0 aromatic carbocycles. The minimum absolute atomic E-state index is 0.135. The molecule has 0 spiro atoms. The van der Waals surface area contributed by atoms with Gasteiger partial charge >= 0.3 is 0 Å². The molecular formula is C12H18BrN3O3S. The lowest BCUT2D eigenvalue weighted by Gasteiger charge is -2.33. The molecule has 2 heterocycles. The van der Waals surface area contributed by atoms with Crippen LogP contribution in [0.1, 0.15) is 0 Å². The summed E-state index contributed by atoms with van der Waals surface area (Å²) in [6.07, 6.45) is 1.54. The molecule has 1 aliphatic rings. The van der Waals surface area contributed by atoms with E-state index in [4.69, 9.17) is 4.74 Å². The zero-order chi connectivity index (χ0) is 14.8. The summed E-state index contributed by atoms with van der Waals surface area (Å²) in [6.45, 7) is 2.16. The topological polar surface area (TPSA) is 62.7 Å². The summed E-state index contributed by atoms with van der Waals surface area (Å²) in [4.78, 5) is 6.57. The summed E-state index contributed by atoms with van der Waals surface area (Å²) in [6, 6.07) is 3.34. The van der Waals surface area contributed by atoms with Crippen molar-refractivity contribution in [2.24, 2.45) is 0 Å². The van der Waals surface area contributed by atoms with Crippen molar-refractivity contribution in [1.29, 1.82) is 0 Å². The average Bonchev–Trinajstić information content (AvgIpc) is 2.47. The molecule has 0 bridgehead atoms. The number of ether oxygens (including phenoxy) is 1. The maximum atomic E-state index is 12.0. The molecule has 1 fully saturated rings. The molecule has 0 radical (unpaired) electrons. The van der Waals surface area contributed by atoms with Gasteiger partial charge in [-0.2, -0.15) is 0 Å². The fraction of sp³-hybridized carbons (Fsp3) is 0.583. The lowest BCUT2D eigenvalue weighted by Crippen LogP contribution is -2.43. The van der Waals surface area contributed by atoms with Crippen molar-refractivity contribution >= 4 is 31.8 Å². The van der Waals surface area contributed by atoms with Crippen molar-refractivity contribution < 1.29 is 13.2 Å². The average molecular weight is 364 g/mol. The number of aromatic nitrogens is 1. The number of hydrogen-bond donors (Lipinski definition) is 0. The molecule has 1 aromatic heterocycles. The first-order valence-electron chi connectivity index (χ1n) is 6.26. The predicted octanol–water partition coefficient (Wildman–Crippen LogP) is 0.932. The maximum Gasteiger partial charge on any atom is 0.244 e. The van der Waals surface area contributed by atoms with Gasteiger partial charge in [0.2, 0.25) is 10.0 Å². The van der Waals surface area contributed by atoms with Gasteiger partial charge in [0.05, 0.1) is 12.7 Å². The first-order valence-corrected chi connectivity index (χ1v) is 8.82. The summed E-state index contributed by atoms with van der Waals surface area (Å²) in [5.41, 5.74) is 0. The van der Waals surface area contributed by atoms with E-state index in [1.54, 1.807) is 12.1 Å². The molecule has 112 valence electrons. The third-order valence-corrected chi connectivity index (χ3v) is 5.65. The minimum atomic E-state index is -3.42. The lowest BCUT2D eigenvalue weighted by molar-refractivity contribution is 0.0568. The van der Waals surface area contributed by atoms with Gasteiger partial charge in [0, 0.05) is 38.7 Å². The molecule has 0 saturated carbocycles. The third-order valence-electron chi connectivity index (χ3n) is 3.13. The largest absolute Gasteiger partial charge is 0.374 e. The monoisotopic (exact) mass is 363 g/mol. The van der Waals surface area contributed by atoms with Crippen LogP contribution in [0.15, 0.2) is 23.2 Å². The zero-order valence-corrected chi connectivity index (χ0v) is 13.9. The molecule has 1 atom stereocenters. The Morgan fingerprint density at radius 1 is 1.50 bits per heavy atom. The van der Waals surface area contributed by atoms with Crippen LogP contribution in [0, 0.1) is 0 Å². The minimum Gasteiger partial charge on any atom is -0.374 e. The second-order valence-electron chi connectivity index (χ2n) is 4.73. The molecule has 0 amide bonds. The van der Waals surface area contributed by atoms with Crippen molar-refractivity contribution in [3.8, 4) is 0 Å². The Hall–Kier alpha value is -0.700. The fourth-order valence-corrected chi connectivity index (χ4v) is 3.18. The number of nitrogens with zero attached hydrogens (tertiary/aromatic N) is 3. The van der Waals surface area contributed by atoms with E-state index in [9.17, 15) is 8.42 Å². The van der Waals surface area contributed by atoms with E-state index in [1.165, 1.54) is 24.6 Å². The van der Waals surface area contributed by atoms with E-state index in [0.29, 0.717) is 6.61 Å². The molecule has 2 rings (SSSR count). The van der Waals surface area contributed by atoms with E-state index < -0.39 is 10.0 Å². The number of sulfonamides is 1. The molecule has 0 aliphatic carbocycles. The van der Waals surface area contributed by atoms with E-state index in [1.807, 2.05) is 0 Å². The van der Waals surface area contributed by atoms with Gasteiger partial charge in [-0.05, 0) is 12.1 Å². The normalized spacial score (nSPS) is 20.4. The van der Waals surface area contributed by atoms with Crippen molar-refractivity contribution in [3.63, 3.8) is 0 Å². The van der Waals surface area contributed by atoms with Gasteiger partial charge in [0.1, 0.15) is 10.7 Å². The lowest BCUT2D eigenvalue weighted by atomic mass is 10.3. The van der Waals surface area contributed by atoms with E-state index in [2.05, 4.69) is 25.8 Å². The van der Waals surface area contributed by atoms with Gasteiger partial charge in [0.25, 0.3) is 0 Å². The van der Waals surface area contributed by atoms with Gasteiger partial charge in [-0.1, -0.05) is 15.9 Å². The zero-order valence-electron chi connectivity index (χ0n) is 11.5. The summed E-state index contributed by atoms with van der Waals surface area (Å²) in [7, 11) is -0.408. The first kappa shape index (κ1) is 15.7. The highest BCUT2D eigenvalue weighted by Gasteiger charge is 2.22. The maximum absolute atomic E-state index is 12.0. The highest BCUT2D eigenvalue weighted by atomic mass is 79.9. The standard InChI is InChI=1S/C12H18BrN3O3S/c1-15(2)20(17,18)11-3-4-12(14-8-11)16-5-6-19-10(7-13)9-16/h3-4,8,10H,5-7,9H2,1-2H3.